The second-order valence-corrected chi connectivity index (χ2v) is 7.68. The first-order valence-electron chi connectivity index (χ1n) is 8.61. The van der Waals surface area contributed by atoms with Crippen LogP contribution in [0.1, 0.15) is 58.1 Å². The Balaban J connectivity index is 1.57. The third-order valence-corrected chi connectivity index (χ3v) is 5.64. The minimum atomic E-state index is -0.537. The molecule has 5 nitrogen and oxygen atoms in total. The Hall–Kier alpha value is -2.65. The number of carbonyl (C=O) groups excluding carboxylic acids is 2. The predicted molar refractivity (Wildman–Crippen MR) is 101 cm³/mol. The van der Waals surface area contributed by atoms with Crippen molar-refractivity contribution in [1.29, 1.82) is 5.26 Å². The maximum atomic E-state index is 12.1. The number of hydrogen-bond donors (Lipinski definition) is 1. The molecule has 1 N–H and O–H groups in total. The summed E-state index contributed by atoms with van der Waals surface area (Å²) in [4.78, 5) is 25.3. The second kappa shape index (κ2) is 7.71. The van der Waals surface area contributed by atoms with Crippen molar-refractivity contribution < 1.29 is 14.3 Å². The summed E-state index contributed by atoms with van der Waals surface area (Å²) in [5.41, 5.74) is 3.14. The van der Waals surface area contributed by atoms with Crippen LogP contribution in [-0.2, 0) is 22.4 Å². The summed E-state index contributed by atoms with van der Waals surface area (Å²) >= 11 is 1.44. The van der Waals surface area contributed by atoms with Crippen molar-refractivity contribution in [2.45, 2.75) is 39.0 Å². The largest absolute Gasteiger partial charge is 0.452 e. The fraction of sp³-hybridized carbons (Fsp3) is 0.350. The number of nitrogens with zero attached hydrogens (tertiary/aromatic N) is 1. The summed E-state index contributed by atoms with van der Waals surface area (Å²) in [6.45, 7) is 3.78. The van der Waals surface area contributed by atoms with Crippen LogP contribution in [0.4, 0.5) is 5.00 Å². The number of ether oxygens (including phenoxy) is 1. The Morgan fingerprint density at radius 2 is 2.00 bits per heavy atom. The topological polar surface area (TPSA) is 79.2 Å². The van der Waals surface area contributed by atoms with Gasteiger partial charge in [0.2, 0.25) is 0 Å². The molecule has 0 bridgehead atoms. The molecule has 2 aromatic rings. The number of anilines is 1. The second-order valence-electron chi connectivity index (χ2n) is 6.57. The Labute approximate surface area is 156 Å². The average molecular weight is 368 g/mol. The molecule has 0 radical (unpaired) electrons. The van der Waals surface area contributed by atoms with Gasteiger partial charge in [-0.05, 0) is 48.4 Å². The highest BCUT2D eigenvalue weighted by molar-refractivity contribution is 7.16. The molecule has 0 spiro atoms. The number of rotatable bonds is 5. The lowest BCUT2D eigenvalue weighted by molar-refractivity contribution is -0.119. The molecule has 0 fully saturated rings. The molecule has 134 valence electrons. The van der Waals surface area contributed by atoms with Crippen molar-refractivity contribution in [2.24, 2.45) is 0 Å². The van der Waals surface area contributed by atoms with Crippen molar-refractivity contribution in [3.8, 4) is 6.07 Å². The van der Waals surface area contributed by atoms with Crippen LogP contribution in [0.5, 0.6) is 0 Å². The SMILES string of the molecule is CC(C)c1ccc(C(=O)OCC(=O)Nc2sc3c(c2C#N)CCC3)cc1. The number of esters is 1. The molecule has 1 aliphatic carbocycles. The number of nitrogens with one attached hydrogen (secondary N) is 1. The molecule has 0 saturated carbocycles. The maximum absolute atomic E-state index is 12.1. The van der Waals surface area contributed by atoms with Crippen molar-refractivity contribution >= 4 is 28.2 Å². The van der Waals surface area contributed by atoms with Gasteiger partial charge in [-0.25, -0.2) is 4.79 Å². The van der Waals surface area contributed by atoms with Gasteiger partial charge in [0.25, 0.3) is 5.91 Å². The summed E-state index contributed by atoms with van der Waals surface area (Å²) < 4.78 is 5.08. The number of carbonyl (C=O) groups is 2. The first kappa shape index (κ1) is 18.2. The van der Waals surface area contributed by atoms with Gasteiger partial charge in [-0.1, -0.05) is 26.0 Å². The molecule has 3 rings (SSSR count). The van der Waals surface area contributed by atoms with Crippen molar-refractivity contribution in [2.75, 3.05) is 11.9 Å². The van der Waals surface area contributed by atoms with Crippen molar-refractivity contribution in [1.82, 2.24) is 0 Å². The molecule has 0 aliphatic heterocycles. The number of benzene rings is 1. The fourth-order valence-electron chi connectivity index (χ4n) is 2.99. The summed E-state index contributed by atoms with van der Waals surface area (Å²) in [5, 5.41) is 12.6. The predicted octanol–water partition coefficient (Wildman–Crippen LogP) is 4.03. The molecule has 6 heteroatoms. The molecule has 1 amide bonds. The highest BCUT2D eigenvalue weighted by atomic mass is 32.1. The monoisotopic (exact) mass is 368 g/mol. The lowest BCUT2D eigenvalue weighted by atomic mass is 10.0. The molecule has 1 aliphatic rings. The smallest absolute Gasteiger partial charge is 0.338 e. The van der Waals surface area contributed by atoms with Crippen LogP contribution in [0.2, 0.25) is 0 Å². The number of amides is 1. The van der Waals surface area contributed by atoms with E-state index in [0.29, 0.717) is 22.0 Å². The number of hydrogen-bond acceptors (Lipinski definition) is 5. The van der Waals surface area contributed by atoms with E-state index in [-0.39, 0.29) is 6.61 Å². The molecule has 0 saturated heterocycles. The quantitative estimate of drug-likeness (QED) is 0.808. The molecular weight excluding hydrogens is 348 g/mol. The molecule has 1 heterocycles. The van der Waals surface area contributed by atoms with Crippen LogP contribution < -0.4 is 5.32 Å². The lowest BCUT2D eigenvalue weighted by Crippen LogP contribution is -2.21. The van der Waals surface area contributed by atoms with Gasteiger partial charge >= 0.3 is 5.97 Å². The van der Waals surface area contributed by atoms with E-state index in [1.54, 1.807) is 12.1 Å². The summed E-state index contributed by atoms with van der Waals surface area (Å²) in [7, 11) is 0. The van der Waals surface area contributed by atoms with Crippen LogP contribution in [0, 0.1) is 11.3 Å². The molecule has 1 aromatic carbocycles. The van der Waals surface area contributed by atoms with E-state index in [9.17, 15) is 14.9 Å². The Morgan fingerprint density at radius 3 is 2.65 bits per heavy atom. The number of nitriles is 1. The van der Waals surface area contributed by atoms with E-state index in [1.165, 1.54) is 16.2 Å². The minimum Gasteiger partial charge on any atom is -0.452 e. The van der Waals surface area contributed by atoms with E-state index >= 15 is 0 Å². The lowest BCUT2D eigenvalue weighted by Gasteiger charge is -2.08. The normalized spacial score (nSPS) is 12.5. The van der Waals surface area contributed by atoms with E-state index in [2.05, 4.69) is 25.2 Å². The third-order valence-electron chi connectivity index (χ3n) is 4.43. The third kappa shape index (κ3) is 3.78. The molecule has 0 atom stereocenters. The van der Waals surface area contributed by atoms with Gasteiger partial charge in [0.1, 0.15) is 11.1 Å². The number of aryl methyl sites for hydroxylation is 1. The number of thiophene rings is 1. The van der Waals surface area contributed by atoms with Crippen LogP contribution in [-0.4, -0.2) is 18.5 Å². The highest BCUT2D eigenvalue weighted by Crippen LogP contribution is 2.38. The van der Waals surface area contributed by atoms with Gasteiger partial charge in [0.05, 0.1) is 11.1 Å². The maximum Gasteiger partial charge on any atom is 0.338 e. The van der Waals surface area contributed by atoms with Crippen LogP contribution in [0.25, 0.3) is 0 Å². The van der Waals surface area contributed by atoms with Gasteiger partial charge < -0.3 is 10.1 Å². The minimum absolute atomic E-state index is 0.377. The summed E-state index contributed by atoms with van der Waals surface area (Å²) in [6, 6.07) is 9.34. The van der Waals surface area contributed by atoms with E-state index in [4.69, 9.17) is 4.74 Å². The molecule has 26 heavy (non-hydrogen) atoms. The van der Waals surface area contributed by atoms with Gasteiger partial charge in [-0.2, -0.15) is 5.26 Å². The van der Waals surface area contributed by atoms with E-state index in [0.717, 1.165) is 30.4 Å². The number of fused-ring (bicyclic) bond motifs is 1. The first-order chi connectivity index (χ1) is 12.5. The van der Waals surface area contributed by atoms with E-state index < -0.39 is 11.9 Å². The van der Waals surface area contributed by atoms with Crippen LogP contribution >= 0.6 is 11.3 Å². The standard InChI is InChI=1S/C20H20N2O3S/c1-12(2)13-6-8-14(9-7-13)20(24)25-11-18(23)22-19-16(10-21)15-4-3-5-17(15)26-19/h6-9,12H,3-5,11H2,1-2H3,(H,22,23). The fourth-order valence-corrected chi connectivity index (χ4v) is 4.25. The first-order valence-corrected chi connectivity index (χ1v) is 9.42. The van der Waals surface area contributed by atoms with Crippen LogP contribution in [0.15, 0.2) is 24.3 Å². The highest BCUT2D eigenvalue weighted by Gasteiger charge is 2.23. The Morgan fingerprint density at radius 1 is 1.27 bits per heavy atom. The summed E-state index contributed by atoms with van der Waals surface area (Å²) in [6.07, 6.45) is 2.88. The molecular formula is C20H20N2O3S. The van der Waals surface area contributed by atoms with Crippen molar-refractivity contribution in [3.63, 3.8) is 0 Å². The zero-order chi connectivity index (χ0) is 18.7. The summed E-state index contributed by atoms with van der Waals surface area (Å²) in [5.74, 6) is -0.592. The van der Waals surface area contributed by atoms with Crippen LogP contribution in [0.3, 0.4) is 0 Å². The van der Waals surface area contributed by atoms with Crippen molar-refractivity contribution in [3.05, 3.63) is 51.4 Å². The Bertz CT molecular complexity index is 876. The van der Waals surface area contributed by atoms with Gasteiger partial charge in [0.15, 0.2) is 6.61 Å². The zero-order valence-electron chi connectivity index (χ0n) is 14.8. The molecule has 0 unspecified atom stereocenters. The van der Waals surface area contributed by atoms with Gasteiger partial charge in [-0.3, -0.25) is 4.79 Å². The molecule has 1 aromatic heterocycles. The average Bonchev–Trinajstić information content (AvgIpc) is 3.20. The Kier molecular flexibility index (Phi) is 5.38. The zero-order valence-corrected chi connectivity index (χ0v) is 15.6. The van der Waals surface area contributed by atoms with E-state index in [1.807, 2.05) is 12.1 Å². The van der Waals surface area contributed by atoms with Gasteiger partial charge in [-0.15, -0.1) is 11.3 Å². The van der Waals surface area contributed by atoms with Gasteiger partial charge in [0, 0.05) is 4.88 Å².